The predicted octanol–water partition coefficient (Wildman–Crippen LogP) is 6.13. The van der Waals surface area contributed by atoms with E-state index in [0.717, 1.165) is 37.3 Å². The van der Waals surface area contributed by atoms with Crippen LogP contribution in [0.25, 0.3) is 6.08 Å². The maximum absolute atomic E-state index is 14.8. The Morgan fingerprint density at radius 2 is 1.88 bits per heavy atom. The lowest BCUT2D eigenvalue weighted by molar-refractivity contribution is -0.134. The van der Waals surface area contributed by atoms with E-state index in [4.69, 9.17) is 0 Å². The largest absolute Gasteiger partial charge is 0.342 e. The van der Waals surface area contributed by atoms with Crippen LogP contribution in [0.2, 0.25) is 0 Å². The van der Waals surface area contributed by atoms with Crippen LogP contribution in [-0.4, -0.2) is 32.3 Å². The summed E-state index contributed by atoms with van der Waals surface area (Å²) in [6, 6.07) is 15.0. The average molecular weight is 472 g/mol. The molecule has 0 saturated carbocycles. The topological polar surface area (TPSA) is 54.5 Å². The van der Waals surface area contributed by atoms with E-state index in [1.807, 2.05) is 23.1 Å². The summed E-state index contributed by atoms with van der Waals surface area (Å²) in [5, 5.41) is -1.17. The van der Waals surface area contributed by atoms with Crippen LogP contribution in [0, 0.1) is 5.92 Å². The standard InChI is InChI=1S/C27H34FNO3S/c1-4-5-7-15-26(30)29-17-16-27(3,21(2)20-29)23-12-10-11-22(18-23)19-25(28)33(31,32)24-13-8-6-9-14-24/h6,8-14,18-19,21H,4-5,7,15-17,20H2,1-3H3/b25-19+. The van der Waals surface area contributed by atoms with Gasteiger partial charge in [-0.05, 0) is 53.5 Å². The zero-order chi connectivity index (χ0) is 24.1. The minimum absolute atomic E-state index is 0.0635. The van der Waals surface area contributed by atoms with Crippen molar-refractivity contribution in [1.29, 1.82) is 0 Å². The molecular weight excluding hydrogens is 437 g/mol. The van der Waals surface area contributed by atoms with Gasteiger partial charge in [-0.2, -0.15) is 4.39 Å². The average Bonchev–Trinajstić information content (AvgIpc) is 2.81. The second-order valence-electron chi connectivity index (χ2n) is 9.26. The Morgan fingerprint density at radius 3 is 2.55 bits per heavy atom. The number of sulfone groups is 1. The molecule has 0 aromatic heterocycles. The molecule has 1 heterocycles. The van der Waals surface area contributed by atoms with E-state index in [1.54, 1.807) is 24.3 Å². The van der Waals surface area contributed by atoms with Crippen molar-refractivity contribution in [2.75, 3.05) is 13.1 Å². The van der Waals surface area contributed by atoms with Gasteiger partial charge in [0.25, 0.3) is 0 Å². The van der Waals surface area contributed by atoms with Gasteiger partial charge < -0.3 is 4.90 Å². The van der Waals surface area contributed by atoms with E-state index in [0.29, 0.717) is 25.1 Å². The Labute approximate surface area is 197 Å². The van der Waals surface area contributed by atoms with Crippen molar-refractivity contribution >= 4 is 21.8 Å². The van der Waals surface area contributed by atoms with E-state index in [2.05, 4.69) is 20.8 Å². The van der Waals surface area contributed by atoms with Crippen LogP contribution in [0.5, 0.6) is 0 Å². The molecule has 4 nitrogen and oxygen atoms in total. The molecule has 6 heteroatoms. The number of hydrogen-bond donors (Lipinski definition) is 0. The summed E-state index contributed by atoms with van der Waals surface area (Å²) in [5.41, 5.74) is 1.36. The van der Waals surface area contributed by atoms with Crippen LogP contribution in [-0.2, 0) is 20.0 Å². The molecular formula is C27H34FNO3S. The Morgan fingerprint density at radius 1 is 1.15 bits per heavy atom. The highest BCUT2D eigenvalue weighted by Gasteiger charge is 2.39. The minimum atomic E-state index is -4.18. The van der Waals surface area contributed by atoms with E-state index in [1.165, 1.54) is 12.1 Å². The second kappa shape index (κ2) is 10.6. The molecule has 2 aromatic carbocycles. The molecule has 1 amide bonds. The van der Waals surface area contributed by atoms with Gasteiger partial charge in [0.05, 0.1) is 4.90 Å². The second-order valence-corrected chi connectivity index (χ2v) is 11.1. The molecule has 33 heavy (non-hydrogen) atoms. The number of piperidine rings is 1. The first-order chi connectivity index (χ1) is 15.7. The molecule has 0 radical (unpaired) electrons. The molecule has 3 rings (SSSR count). The number of carbonyl (C=O) groups is 1. The van der Waals surface area contributed by atoms with Crippen LogP contribution in [0.1, 0.15) is 64.0 Å². The van der Waals surface area contributed by atoms with E-state index in [-0.39, 0.29) is 22.1 Å². The fourth-order valence-electron chi connectivity index (χ4n) is 4.48. The number of benzene rings is 2. The summed E-state index contributed by atoms with van der Waals surface area (Å²) in [7, 11) is -4.18. The maximum atomic E-state index is 14.8. The van der Waals surface area contributed by atoms with Crippen molar-refractivity contribution in [2.45, 2.75) is 63.2 Å². The first-order valence-electron chi connectivity index (χ1n) is 11.7. The normalized spacial score (nSPS) is 21.8. The van der Waals surface area contributed by atoms with E-state index in [9.17, 15) is 17.6 Å². The summed E-state index contributed by atoms with van der Waals surface area (Å²) < 4.78 is 39.9. The summed E-state index contributed by atoms with van der Waals surface area (Å²) in [4.78, 5) is 14.5. The molecule has 2 atom stereocenters. The number of rotatable bonds is 8. The molecule has 1 saturated heterocycles. The molecule has 178 valence electrons. The smallest absolute Gasteiger partial charge is 0.233 e. The van der Waals surface area contributed by atoms with Gasteiger partial charge in [0.15, 0.2) is 0 Å². The van der Waals surface area contributed by atoms with Gasteiger partial charge in [0.2, 0.25) is 20.9 Å². The van der Waals surface area contributed by atoms with Crippen LogP contribution < -0.4 is 0 Å². The molecule has 0 aliphatic carbocycles. The number of halogens is 1. The van der Waals surface area contributed by atoms with Crippen LogP contribution in [0.4, 0.5) is 4.39 Å². The first kappa shape index (κ1) is 25.2. The first-order valence-corrected chi connectivity index (χ1v) is 13.2. The Balaban J connectivity index is 1.78. The third kappa shape index (κ3) is 5.72. The summed E-state index contributed by atoms with van der Waals surface area (Å²) >= 11 is 0. The van der Waals surface area contributed by atoms with Gasteiger partial charge in [-0.15, -0.1) is 0 Å². The number of nitrogens with zero attached hydrogens (tertiary/aromatic N) is 1. The van der Waals surface area contributed by atoms with Crippen molar-refractivity contribution in [3.8, 4) is 0 Å². The molecule has 2 aromatic rings. The van der Waals surface area contributed by atoms with Crippen LogP contribution >= 0.6 is 0 Å². The third-order valence-electron chi connectivity index (χ3n) is 6.97. The molecule has 0 N–H and O–H groups in total. The molecule has 0 bridgehead atoms. The Hall–Kier alpha value is -2.47. The fourth-order valence-corrected chi connectivity index (χ4v) is 5.51. The number of unbranched alkanes of at least 4 members (excludes halogenated alkanes) is 2. The van der Waals surface area contributed by atoms with Gasteiger partial charge in [-0.25, -0.2) is 8.42 Å². The summed E-state index contributed by atoms with van der Waals surface area (Å²) in [6.45, 7) is 7.84. The predicted molar refractivity (Wildman–Crippen MR) is 131 cm³/mol. The van der Waals surface area contributed by atoms with Crippen molar-refractivity contribution in [1.82, 2.24) is 4.90 Å². The van der Waals surface area contributed by atoms with Crippen molar-refractivity contribution in [3.05, 3.63) is 70.9 Å². The number of likely N-dealkylation sites (tertiary alicyclic amines) is 1. The zero-order valence-corrected chi connectivity index (χ0v) is 20.6. The number of carbonyl (C=O) groups excluding carboxylic acids is 1. The molecule has 1 aliphatic rings. The number of hydrogen-bond acceptors (Lipinski definition) is 3. The summed E-state index contributed by atoms with van der Waals surface area (Å²) in [5.74, 6) is 0.445. The zero-order valence-electron chi connectivity index (χ0n) is 19.8. The Kier molecular flexibility index (Phi) is 8.11. The van der Waals surface area contributed by atoms with Crippen molar-refractivity contribution in [3.63, 3.8) is 0 Å². The summed E-state index contributed by atoms with van der Waals surface area (Å²) in [6.07, 6.45) is 5.61. The van der Waals surface area contributed by atoms with Crippen LogP contribution in [0.15, 0.2) is 64.7 Å². The Bertz CT molecular complexity index is 1100. The monoisotopic (exact) mass is 471 g/mol. The van der Waals surface area contributed by atoms with E-state index < -0.39 is 15.0 Å². The highest BCUT2D eigenvalue weighted by Crippen LogP contribution is 2.40. The fraction of sp³-hybridized carbons (Fsp3) is 0.444. The van der Waals surface area contributed by atoms with Crippen molar-refractivity contribution < 1.29 is 17.6 Å². The lowest BCUT2D eigenvalue weighted by atomic mass is 9.68. The van der Waals surface area contributed by atoms with Gasteiger partial charge in [0, 0.05) is 19.5 Å². The lowest BCUT2D eigenvalue weighted by Crippen LogP contribution is -2.49. The molecule has 1 fully saturated rings. The third-order valence-corrected chi connectivity index (χ3v) is 8.49. The van der Waals surface area contributed by atoms with E-state index >= 15 is 0 Å². The molecule has 2 unspecified atom stereocenters. The minimum Gasteiger partial charge on any atom is -0.342 e. The highest BCUT2D eigenvalue weighted by molar-refractivity contribution is 7.95. The SMILES string of the molecule is CCCCCC(=O)N1CCC(C)(c2cccc(/C=C(\F)S(=O)(=O)c3ccccc3)c2)C(C)C1. The quantitative estimate of drug-likeness (QED) is 0.435. The van der Waals surface area contributed by atoms with Gasteiger partial charge in [-0.3, -0.25) is 4.79 Å². The highest BCUT2D eigenvalue weighted by atomic mass is 32.2. The molecule has 1 aliphatic heterocycles. The molecule has 0 spiro atoms. The van der Waals surface area contributed by atoms with Gasteiger partial charge in [0.1, 0.15) is 0 Å². The number of amides is 1. The van der Waals surface area contributed by atoms with Crippen molar-refractivity contribution in [2.24, 2.45) is 5.92 Å². The maximum Gasteiger partial charge on any atom is 0.233 e. The van der Waals surface area contributed by atoms with Gasteiger partial charge >= 0.3 is 0 Å². The van der Waals surface area contributed by atoms with Crippen LogP contribution in [0.3, 0.4) is 0 Å². The lowest BCUT2D eigenvalue weighted by Gasteiger charge is -2.45. The van der Waals surface area contributed by atoms with Gasteiger partial charge in [-0.1, -0.05) is 76.1 Å².